The van der Waals surface area contributed by atoms with E-state index in [1.807, 2.05) is 0 Å². The Kier molecular flexibility index (Phi) is 3.76. The minimum absolute atomic E-state index is 0.209. The van der Waals surface area contributed by atoms with Gasteiger partial charge in [0.1, 0.15) is 0 Å². The van der Waals surface area contributed by atoms with Crippen molar-refractivity contribution in [1.29, 1.82) is 0 Å². The summed E-state index contributed by atoms with van der Waals surface area (Å²) in [6, 6.07) is 9.64. The predicted octanol–water partition coefficient (Wildman–Crippen LogP) is 2.10. The first-order chi connectivity index (χ1) is 8.43. The average molecular weight is 247 g/mol. The molecule has 1 heterocycles. The molecule has 3 atom stereocenters. The number of benzene rings is 1. The summed E-state index contributed by atoms with van der Waals surface area (Å²) >= 11 is 0. The van der Waals surface area contributed by atoms with Crippen LogP contribution in [0.15, 0.2) is 24.3 Å². The maximum atomic E-state index is 5.87. The van der Waals surface area contributed by atoms with E-state index in [0.717, 1.165) is 0 Å². The fourth-order valence-electron chi connectivity index (χ4n) is 2.59. The van der Waals surface area contributed by atoms with Crippen molar-refractivity contribution >= 4 is 0 Å². The molecule has 18 heavy (non-hydrogen) atoms. The van der Waals surface area contributed by atoms with Crippen LogP contribution in [0, 0.1) is 5.92 Å². The highest BCUT2D eigenvalue weighted by Crippen LogP contribution is 2.30. The van der Waals surface area contributed by atoms with Crippen LogP contribution in [0.25, 0.3) is 0 Å². The summed E-state index contributed by atoms with van der Waals surface area (Å²) in [6.45, 7) is 9.59. The first kappa shape index (κ1) is 13.5. The lowest BCUT2D eigenvalue weighted by molar-refractivity contribution is 0.444. The molecule has 0 aliphatic carbocycles. The van der Waals surface area contributed by atoms with Gasteiger partial charge < -0.3 is 5.73 Å². The third-order valence-electron chi connectivity index (χ3n) is 3.94. The molecule has 0 aromatic heterocycles. The van der Waals surface area contributed by atoms with Crippen molar-refractivity contribution in [2.24, 2.45) is 11.7 Å². The van der Waals surface area contributed by atoms with Gasteiger partial charge in [-0.1, -0.05) is 45.0 Å². The lowest BCUT2D eigenvalue weighted by Crippen LogP contribution is -2.30. The molecule has 2 rings (SSSR count). The summed E-state index contributed by atoms with van der Waals surface area (Å²) in [4.78, 5) is 0. The topological polar surface area (TPSA) is 50.1 Å². The first-order valence-corrected chi connectivity index (χ1v) is 6.75. The number of hydrazine groups is 1. The van der Waals surface area contributed by atoms with E-state index in [-0.39, 0.29) is 5.41 Å². The molecule has 3 nitrogen and oxygen atoms in total. The molecule has 0 saturated carbocycles. The normalized spacial score (nSPS) is 28.6. The third kappa shape index (κ3) is 2.58. The Labute approximate surface area is 110 Å². The van der Waals surface area contributed by atoms with E-state index in [9.17, 15) is 0 Å². The van der Waals surface area contributed by atoms with Crippen LogP contribution in [0.4, 0.5) is 0 Å². The molecule has 1 saturated heterocycles. The van der Waals surface area contributed by atoms with Crippen LogP contribution in [0.2, 0.25) is 0 Å². The molecule has 0 amide bonds. The smallest absolute Gasteiger partial charge is 0.0517 e. The summed E-state index contributed by atoms with van der Waals surface area (Å²) in [5.74, 6) is 0.450. The number of nitrogens with one attached hydrogen (secondary N) is 2. The minimum Gasteiger partial charge on any atom is -0.330 e. The summed E-state index contributed by atoms with van der Waals surface area (Å²) in [7, 11) is 0. The third-order valence-corrected chi connectivity index (χ3v) is 3.94. The predicted molar refractivity (Wildman–Crippen MR) is 76.2 cm³/mol. The van der Waals surface area contributed by atoms with E-state index in [1.54, 1.807) is 0 Å². The number of rotatable bonds is 2. The van der Waals surface area contributed by atoms with Crippen LogP contribution in [-0.4, -0.2) is 12.6 Å². The van der Waals surface area contributed by atoms with Gasteiger partial charge >= 0.3 is 0 Å². The van der Waals surface area contributed by atoms with E-state index in [4.69, 9.17) is 5.73 Å². The van der Waals surface area contributed by atoms with E-state index < -0.39 is 0 Å². The molecule has 0 spiro atoms. The molecule has 4 N–H and O–H groups in total. The van der Waals surface area contributed by atoms with Gasteiger partial charge in [0.05, 0.1) is 6.04 Å². The second-order valence-corrected chi connectivity index (χ2v) is 6.33. The van der Waals surface area contributed by atoms with Gasteiger partial charge in [-0.3, -0.25) is 5.43 Å². The van der Waals surface area contributed by atoms with Crippen LogP contribution < -0.4 is 16.6 Å². The zero-order valence-electron chi connectivity index (χ0n) is 11.8. The molecule has 3 unspecified atom stereocenters. The highest BCUT2D eigenvalue weighted by Gasteiger charge is 2.32. The summed E-state index contributed by atoms with van der Waals surface area (Å²) < 4.78 is 0. The highest BCUT2D eigenvalue weighted by atomic mass is 15.4. The molecule has 1 fully saturated rings. The monoisotopic (exact) mass is 247 g/mol. The van der Waals surface area contributed by atoms with Crippen LogP contribution >= 0.6 is 0 Å². The second kappa shape index (κ2) is 5.00. The van der Waals surface area contributed by atoms with Crippen LogP contribution in [0.5, 0.6) is 0 Å². The van der Waals surface area contributed by atoms with Gasteiger partial charge in [0, 0.05) is 12.0 Å². The summed E-state index contributed by atoms with van der Waals surface area (Å²) in [6.07, 6.45) is 0. The molecule has 1 aromatic carbocycles. The molecule has 0 bridgehead atoms. The van der Waals surface area contributed by atoms with Gasteiger partial charge in [-0.25, -0.2) is 5.43 Å². The Hall–Kier alpha value is -0.900. The summed E-state index contributed by atoms with van der Waals surface area (Å²) in [5.41, 5.74) is 15.4. The van der Waals surface area contributed by atoms with Gasteiger partial charge in [-0.2, -0.15) is 0 Å². The van der Waals surface area contributed by atoms with Crippen molar-refractivity contribution in [3.8, 4) is 0 Å². The number of hydrogen-bond acceptors (Lipinski definition) is 3. The lowest BCUT2D eigenvalue weighted by atomic mass is 9.84. The Morgan fingerprint density at radius 1 is 1.11 bits per heavy atom. The zero-order valence-corrected chi connectivity index (χ0v) is 11.8. The summed E-state index contributed by atoms with van der Waals surface area (Å²) in [5, 5.41) is 0. The van der Waals surface area contributed by atoms with Gasteiger partial charge in [0.2, 0.25) is 0 Å². The Balaban J connectivity index is 2.20. The Morgan fingerprint density at radius 2 is 1.72 bits per heavy atom. The fraction of sp³-hybridized carbons (Fsp3) is 0.600. The van der Waals surface area contributed by atoms with E-state index in [2.05, 4.69) is 62.8 Å². The van der Waals surface area contributed by atoms with Gasteiger partial charge in [-0.05, 0) is 30.0 Å². The van der Waals surface area contributed by atoms with Crippen LogP contribution in [0.3, 0.4) is 0 Å². The molecule has 1 aliphatic rings. The van der Waals surface area contributed by atoms with Crippen molar-refractivity contribution in [1.82, 2.24) is 10.9 Å². The molecule has 0 radical (unpaired) electrons. The van der Waals surface area contributed by atoms with Crippen molar-refractivity contribution < 1.29 is 0 Å². The number of hydrogen-bond donors (Lipinski definition) is 3. The van der Waals surface area contributed by atoms with Crippen molar-refractivity contribution in [2.75, 3.05) is 6.54 Å². The van der Waals surface area contributed by atoms with E-state index in [1.165, 1.54) is 11.1 Å². The van der Waals surface area contributed by atoms with Crippen LogP contribution in [-0.2, 0) is 5.41 Å². The molecule has 1 aromatic rings. The van der Waals surface area contributed by atoms with Crippen molar-refractivity contribution in [3.05, 3.63) is 35.4 Å². The molecule has 3 heteroatoms. The van der Waals surface area contributed by atoms with Gasteiger partial charge in [0.25, 0.3) is 0 Å². The van der Waals surface area contributed by atoms with Gasteiger partial charge in [-0.15, -0.1) is 0 Å². The SMILES string of the molecule is CC1NNC(c2ccc(C(C)(C)C)cc2)C1CN. The maximum absolute atomic E-state index is 5.87. The minimum atomic E-state index is 0.209. The van der Waals surface area contributed by atoms with Crippen molar-refractivity contribution in [2.45, 2.75) is 45.2 Å². The average Bonchev–Trinajstić information content (AvgIpc) is 2.69. The fourth-order valence-corrected chi connectivity index (χ4v) is 2.59. The number of nitrogens with two attached hydrogens (primary N) is 1. The van der Waals surface area contributed by atoms with E-state index >= 15 is 0 Å². The molecular formula is C15H25N3. The zero-order chi connectivity index (χ0) is 13.3. The first-order valence-electron chi connectivity index (χ1n) is 6.75. The largest absolute Gasteiger partial charge is 0.330 e. The van der Waals surface area contributed by atoms with E-state index in [0.29, 0.717) is 24.5 Å². The standard InChI is InChI=1S/C15H25N3/c1-10-13(9-16)14(18-17-10)11-5-7-12(8-6-11)15(2,3)4/h5-8,10,13-14,17-18H,9,16H2,1-4H3. The lowest BCUT2D eigenvalue weighted by Gasteiger charge is -2.22. The second-order valence-electron chi connectivity index (χ2n) is 6.33. The molecular weight excluding hydrogens is 222 g/mol. The van der Waals surface area contributed by atoms with Gasteiger partial charge in [0.15, 0.2) is 0 Å². The highest BCUT2D eigenvalue weighted by molar-refractivity contribution is 5.30. The van der Waals surface area contributed by atoms with Crippen molar-refractivity contribution in [3.63, 3.8) is 0 Å². The van der Waals surface area contributed by atoms with Crippen LogP contribution in [0.1, 0.15) is 44.9 Å². The molecule has 100 valence electrons. The quantitative estimate of drug-likeness (QED) is 0.750. The Morgan fingerprint density at radius 3 is 2.22 bits per heavy atom. The molecule has 1 aliphatic heterocycles. The maximum Gasteiger partial charge on any atom is 0.0517 e. The Bertz CT molecular complexity index is 391.